The summed E-state index contributed by atoms with van der Waals surface area (Å²) in [5, 5.41) is 7.74. The highest BCUT2D eigenvalue weighted by molar-refractivity contribution is 14.0. The highest BCUT2D eigenvalue weighted by atomic mass is 127. The van der Waals surface area contributed by atoms with Gasteiger partial charge in [-0.25, -0.2) is 0 Å². The van der Waals surface area contributed by atoms with Crippen molar-refractivity contribution in [2.45, 2.75) is 25.4 Å². The molecule has 28 heavy (non-hydrogen) atoms. The van der Waals surface area contributed by atoms with Gasteiger partial charge in [-0.2, -0.15) is 5.10 Å². The number of hydrogen-bond acceptors (Lipinski definition) is 3. The van der Waals surface area contributed by atoms with Crippen LogP contribution in [0.1, 0.15) is 36.5 Å². The Kier molecular flexibility index (Phi) is 7.34. The summed E-state index contributed by atoms with van der Waals surface area (Å²) in [6, 6.07) is 10.8. The molecule has 2 heterocycles. The smallest absolute Gasteiger partial charge is 0.194 e. The fourth-order valence-corrected chi connectivity index (χ4v) is 3.84. The number of benzene rings is 1. The van der Waals surface area contributed by atoms with Gasteiger partial charge in [0.05, 0.1) is 19.3 Å². The van der Waals surface area contributed by atoms with Crippen LogP contribution in [-0.2, 0) is 11.8 Å². The van der Waals surface area contributed by atoms with Gasteiger partial charge in [-0.1, -0.05) is 30.3 Å². The summed E-state index contributed by atoms with van der Waals surface area (Å²) in [5.74, 6) is 2.34. The number of rotatable bonds is 5. The highest BCUT2D eigenvalue weighted by Crippen LogP contribution is 2.47. The van der Waals surface area contributed by atoms with Crippen molar-refractivity contribution < 1.29 is 4.74 Å². The van der Waals surface area contributed by atoms with Crippen LogP contribution in [0.2, 0.25) is 0 Å². The van der Waals surface area contributed by atoms with Crippen LogP contribution in [0.25, 0.3) is 0 Å². The molecular formula is C21H30IN5O. The lowest BCUT2D eigenvalue weighted by molar-refractivity contribution is -0.00804. The van der Waals surface area contributed by atoms with Crippen molar-refractivity contribution >= 4 is 29.9 Å². The Morgan fingerprint density at radius 2 is 2.11 bits per heavy atom. The van der Waals surface area contributed by atoms with Crippen molar-refractivity contribution in [1.29, 1.82) is 0 Å². The van der Waals surface area contributed by atoms with Gasteiger partial charge < -0.3 is 15.0 Å². The van der Waals surface area contributed by atoms with Crippen LogP contribution in [0.4, 0.5) is 0 Å². The summed E-state index contributed by atoms with van der Waals surface area (Å²) in [6.45, 7) is 6.27. The first-order valence-corrected chi connectivity index (χ1v) is 9.93. The quantitative estimate of drug-likeness (QED) is 0.394. The predicted octanol–water partition coefficient (Wildman–Crippen LogP) is 3.18. The van der Waals surface area contributed by atoms with Crippen molar-refractivity contribution in [3.63, 3.8) is 0 Å². The molecule has 2 aromatic rings. The van der Waals surface area contributed by atoms with Crippen molar-refractivity contribution in [3.05, 3.63) is 53.9 Å². The molecule has 2 aliphatic rings. The van der Waals surface area contributed by atoms with E-state index in [4.69, 9.17) is 9.73 Å². The molecule has 1 saturated heterocycles. The molecule has 152 valence electrons. The molecule has 1 saturated carbocycles. The van der Waals surface area contributed by atoms with Gasteiger partial charge in [-0.15, -0.1) is 24.0 Å². The zero-order chi connectivity index (χ0) is 18.6. The Labute approximate surface area is 184 Å². The van der Waals surface area contributed by atoms with Crippen LogP contribution in [-0.4, -0.2) is 53.4 Å². The highest BCUT2D eigenvalue weighted by Gasteiger charge is 2.38. The molecule has 1 aromatic carbocycles. The van der Waals surface area contributed by atoms with E-state index in [2.05, 4.69) is 52.6 Å². The van der Waals surface area contributed by atoms with Gasteiger partial charge in [0.15, 0.2) is 5.96 Å². The first kappa shape index (κ1) is 21.1. The first-order valence-electron chi connectivity index (χ1n) is 9.93. The summed E-state index contributed by atoms with van der Waals surface area (Å²) in [5.41, 5.74) is 2.58. The number of halogens is 1. The van der Waals surface area contributed by atoms with Gasteiger partial charge in [0.1, 0.15) is 6.10 Å². The third-order valence-corrected chi connectivity index (χ3v) is 5.42. The number of nitrogens with one attached hydrogen (secondary N) is 1. The Morgan fingerprint density at radius 3 is 2.82 bits per heavy atom. The average molecular weight is 495 g/mol. The second-order valence-corrected chi connectivity index (χ2v) is 7.46. The average Bonchev–Trinajstić information content (AvgIpc) is 3.36. The summed E-state index contributed by atoms with van der Waals surface area (Å²) in [4.78, 5) is 7.29. The number of aryl methyl sites for hydroxylation is 1. The van der Waals surface area contributed by atoms with E-state index < -0.39 is 0 Å². The maximum atomic E-state index is 5.97. The molecule has 3 unspecified atom stereocenters. The monoisotopic (exact) mass is 495 g/mol. The number of guanidine groups is 1. The zero-order valence-electron chi connectivity index (χ0n) is 16.6. The molecule has 1 aromatic heterocycles. The maximum absolute atomic E-state index is 5.97. The molecular weight excluding hydrogens is 465 g/mol. The van der Waals surface area contributed by atoms with Gasteiger partial charge >= 0.3 is 0 Å². The third kappa shape index (κ3) is 5.05. The molecule has 6 nitrogen and oxygen atoms in total. The van der Waals surface area contributed by atoms with Gasteiger partial charge in [0, 0.05) is 38.4 Å². The van der Waals surface area contributed by atoms with E-state index in [0.717, 1.165) is 37.7 Å². The lowest BCUT2D eigenvalue weighted by atomic mass is 10.1. The summed E-state index contributed by atoms with van der Waals surface area (Å²) in [6.07, 6.45) is 5.22. The topological polar surface area (TPSA) is 54.7 Å². The minimum Gasteiger partial charge on any atom is -0.370 e. The van der Waals surface area contributed by atoms with Crippen LogP contribution in [0.5, 0.6) is 0 Å². The number of aliphatic imine (C=N–C) groups is 1. The van der Waals surface area contributed by atoms with E-state index in [1.54, 1.807) is 0 Å². The molecule has 3 atom stereocenters. The molecule has 0 spiro atoms. The molecule has 4 rings (SSSR count). The lowest BCUT2D eigenvalue weighted by Crippen LogP contribution is -2.48. The van der Waals surface area contributed by atoms with E-state index in [1.807, 2.05) is 24.1 Å². The van der Waals surface area contributed by atoms with E-state index in [1.165, 1.54) is 12.0 Å². The van der Waals surface area contributed by atoms with Crippen molar-refractivity contribution in [3.8, 4) is 0 Å². The SMILES string of the molecule is CCNC(=NCC1CC1c1ccccc1)N1CCOC(c2cnn(C)c2)C1.I. The van der Waals surface area contributed by atoms with E-state index >= 15 is 0 Å². The van der Waals surface area contributed by atoms with Gasteiger partial charge in [-0.05, 0) is 30.7 Å². The Morgan fingerprint density at radius 1 is 1.29 bits per heavy atom. The third-order valence-electron chi connectivity index (χ3n) is 5.42. The van der Waals surface area contributed by atoms with Crippen LogP contribution in [0.3, 0.4) is 0 Å². The summed E-state index contributed by atoms with van der Waals surface area (Å²) >= 11 is 0. The Hall–Kier alpha value is -1.61. The Balaban J connectivity index is 0.00000225. The lowest BCUT2D eigenvalue weighted by Gasteiger charge is -2.34. The van der Waals surface area contributed by atoms with Crippen LogP contribution in [0.15, 0.2) is 47.7 Å². The van der Waals surface area contributed by atoms with Crippen molar-refractivity contribution in [2.24, 2.45) is 18.0 Å². The molecule has 0 bridgehead atoms. The molecule has 0 radical (unpaired) electrons. The fraction of sp³-hybridized carbons (Fsp3) is 0.524. The minimum atomic E-state index is 0. The molecule has 2 fully saturated rings. The van der Waals surface area contributed by atoms with E-state index in [0.29, 0.717) is 18.4 Å². The van der Waals surface area contributed by atoms with Crippen LogP contribution >= 0.6 is 24.0 Å². The van der Waals surface area contributed by atoms with Crippen molar-refractivity contribution in [1.82, 2.24) is 20.0 Å². The van der Waals surface area contributed by atoms with E-state index in [9.17, 15) is 0 Å². The first-order chi connectivity index (χ1) is 13.2. The van der Waals surface area contributed by atoms with Gasteiger partial charge in [-0.3, -0.25) is 9.67 Å². The number of nitrogens with zero attached hydrogens (tertiary/aromatic N) is 4. The fourth-order valence-electron chi connectivity index (χ4n) is 3.84. The zero-order valence-corrected chi connectivity index (χ0v) is 19.0. The summed E-state index contributed by atoms with van der Waals surface area (Å²) < 4.78 is 7.80. The molecule has 7 heteroatoms. The van der Waals surface area contributed by atoms with Crippen molar-refractivity contribution in [2.75, 3.05) is 32.8 Å². The normalized spacial score (nSPS) is 24.6. The second-order valence-electron chi connectivity index (χ2n) is 7.46. The van der Waals surface area contributed by atoms with Crippen LogP contribution < -0.4 is 5.32 Å². The number of ether oxygens (including phenoxy) is 1. The molecule has 1 aliphatic heterocycles. The Bertz CT molecular complexity index is 778. The number of hydrogen-bond donors (Lipinski definition) is 1. The maximum Gasteiger partial charge on any atom is 0.194 e. The largest absolute Gasteiger partial charge is 0.370 e. The molecule has 1 aliphatic carbocycles. The number of aromatic nitrogens is 2. The molecule has 0 amide bonds. The predicted molar refractivity (Wildman–Crippen MR) is 122 cm³/mol. The van der Waals surface area contributed by atoms with Crippen LogP contribution in [0, 0.1) is 5.92 Å². The van der Waals surface area contributed by atoms with Gasteiger partial charge in [0.25, 0.3) is 0 Å². The molecule has 1 N–H and O–H groups in total. The minimum absolute atomic E-state index is 0. The summed E-state index contributed by atoms with van der Waals surface area (Å²) in [7, 11) is 1.94. The number of morpholine rings is 1. The van der Waals surface area contributed by atoms with E-state index in [-0.39, 0.29) is 30.1 Å². The standard InChI is InChI=1S/C21H29N5O.HI/c1-3-22-21(23-12-17-11-19(17)16-7-5-4-6-8-16)26-9-10-27-20(15-26)18-13-24-25(2)14-18;/h4-8,13-14,17,19-20H,3,9-12,15H2,1-2H3,(H,22,23);1H. The second kappa shape index (κ2) is 9.73. The van der Waals surface area contributed by atoms with Gasteiger partial charge in [0.2, 0.25) is 0 Å².